The maximum Gasteiger partial charge on any atom is 0.132 e. The van der Waals surface area contributed by atoms with Crippen molar-refractivity contribution in [3.8, 4) is 5.75 Å². The van der Waals surface area contributed by atoms with Gasteiger partial charge in [-0.1, -0.05) is 13.8 Å². The Morgan fingerprint density at radius 3 is 2.05 bits per heavy atom. The van der Waals surface area contributed by atoms with Crippen LogP contribution in [0.25, 0.3) is 0 Å². The van der Waals surface area contributed by atoms with Crippen LogP contribution in [0.3, 0.4) is 0 Å². The number of carboxylic acid groups (broad SMARTS) is 1. The summed E-state index contributed by atoms with van der Waals surface area (Å²) in [6.45, 7) is 7.97. The van der Waals surface area contributed by atoms with E-state index < -0.39 is 12.0 Å². The SMILES string of the molecule is COc1cc(C)c([C@@H](C(C)C)[C@@H]([NH3+])C(=O)[O-])c(C)c1. The van der Waals surface area contributed by atoms with Crippen LogP contribution < -0.4 is 15.6 Å². The number of ether oxygens (including phenoxy) is 1. The Hall–Kier alpha value is -1.55. The number of hydrogen-bond acceptors (Lipinski definition) is 3. The lowest BCUT2D eigenvalue weighted by molar-refractivity contribution is -0.444. The number of aryl methyl sites for hydroxylation is 2. The molecule has 0 amide bonds. The second kappa shape index (κ2) is 6.06. The number of hydrogen-bond donors (Lipinski definition) is 1. The lowest BCUT2D eigenvalue weighted by atomic mass is 9.78. The third-order valence-electron chi connectivity index (χ3n) is 3.59. The summed E-state index contributed by atoms with van der Waals surface area (Å²) in [6, 6.07) is 3.10. The number of aliphatic carboxylic acids is 1. The molecule has 2 atom stereocenters. The van der Waals surface area contributed by atoms with Gasteiger partial charge in [0, 0.05) is 5.92 Å². The number of carbonyl (C=O) groups excluding carboxylic acids is 1. The second-order valence-corrected chi connectivity index (χ2v) is 5.37. The van der Waals surface area contributed by atoms with E-state index in [1.54, 1.807) is 7.11 Å². The Bertz CT molecular complexity index is 445. The van der Waals surface area contributed by atoms with Crippen LogP contribution in [0.15, 0.2) is 12.1 Å². The average Bonchev–Trinajstić information content (AvgIpc) is 2.31. The van der Waals surface area contributed by atoms with Gasteiger partial charge in [0.2, 0.25) is 0 Å². The molecular weight excluding hydrogens is 242 g/mol. The minimum Gasteiger partial charge on any atom is -0.544 e. The van der Waals surface area contributed by atoms with Crippen molar-refractivity contribution in [2.75, 3.05) is 7.11 Å². The maximum atomic E-state index is 11.2. The predicted molar refractivity (Wildman–Crippen MR) is 71.7 cm³/mol. The van der Waals surface area contributed by atoms with E-state index in [2.05, 4.69) is 5.73 Å². The van der Waals surface area contributed by atoms with E-state index in [0.717, 1.165) is 22.4 Å². The third-order valence-corrected chi connectivity index (χ3v) is 3.59. The summed E-state index contributed by atoms with van der Waals surface area (Å²) in [6.07, 6.45) is 0. The van der Waals surface area contributed by atoms with Crippen LogP contribution in [0.1, 0.15) is 36.5 Å². The van der Waals surface area contributed by atoms with Gasteiger partial charge in [-0.3, -0.25) is 0 Å². The highest BCUT2D eigenvalue weighted by molar-refractivity contribution is 5.71. The molecule has 0 heterocycles. The predicted octanol–water partition coefficient (Wildman–Crippen LogP) is 0.412. The fraction of sp³-hybridized carbons (Fsp3) is 0.533. The van der Waals surface area contributed by atoms with Gasteiger partial charge in [0.1, 0.15) is 11.8 Å². The molecule has 0 aliphatic rings. The summed E-state index contributed by atoms with van der Waals surface area (Å²) in [7, 11) is 1.62. The Balaban J connectivity index is 3.35. The van der Waals surface area contributed by atoms with Crippen molar-refractivity contribution >= 4 is 5.97 Å². The first-order valence-electron chi connectivity index (χ1n) is 6.48. The van der Waals surface area contributed by atoms with E-state index in [9.17, 15) is 9.90 Å². The minimum atomic E-state index is -1.10. The lowest BCUT2D eigenvalue weighted by Crippen LogP contribution is -2.71. The van der Waals surface area contributed by atoms with Gasteiger partial charge in [-0.25, -0.2) is 0 Å². The Morgan fingerprint density at radius 2 is 1.74 bits per heavy atom. The van der Waals surface area contributed by atoms with Gasteiger partial charge in [0.25, 0.3) is 0 Å². The molecular formula is C15H23NO3. The van der Waals surface area contributed by atoms with Gasteiger partial charge in [-0.2, -0.15) is 0 Å². The van der Waals surface area contributed by atoms with Crippen LogP contribution in [-0.2, 0) is 4.79 Å². The van der Waals surface area contributed by atoms with Gasteiger partial charge >= 0.3 is 0 Å². The normalized spacial score (nSPS) is 14.3. The Morgan fingerprint density at radius 1 is 1.26 bits per heavy atom. The standard InChI is InChI=1S/C15H23NO3/c1-8(2)12(14(16)15(17)18)13-9(3)6-11(19-5)7-10(13)4/h6-8,12,14H,16H2,1-5H3,(H,17,18)/t12-,14-/m1/s1. The van der Waals surface area contributed by atoms with Crippen LogP contribution >= 0.6 is 0 Å². The van der Waals surface area contributed by atoms with E-state index in [0.29, 0.717) is 0 Å². The fourth-order valence-electron chi connectivity index (χ4n) is 2.72. The molecule has 4 heteroatoms. The van der Waals surface area contributed by atoms with Gasteiger partial charge in [0.05, 0.1) is 13.1 Å². The van der Waals surface area contributed by atoms with E-state index in [-0.39, 0.29) is 11.8 Å². The maximum absolute atomic E-state index is 11.2. The molecule has 1 rings (SSSR count). The molecule has 0 aliphatic heterocycles. The van der Waals surface area contributed by atoms with E-state index in [1.165, 1.54) is 0 Å². The number of methoxy groups -OCH3 is 1. The highest BCUT2D eigenvalue weighted by Crippen LogP contribution is 2.33. The first kappa shape index (κ1) is 15.5. The minimum absolute atomic E-state index is 0.157. The fourth-order valence-corrected chi connectivity index (χ4v) is 2.72. The van der Waals surface area contributed by atoms with Crippen molar-refractivity contribution < 1.29 is 20.4 Å². The van der Waals surface area contributed by atoms with Crippen molar-refractivity contribution in [1.29, 1.82) is 0 Å². The molecule has 0 bridgehead atoms. The topological polar surface area (TPSA) is 77.0 Å². The molecule has 0 fully saturated rings. The van der Waals surface area contributed by atoms with Crippen molar-refractivity contribution in [3.05, 3.63) is 28.8 Å². The van der Waals surface area contributed by atoms with Crippen LogP contribution in [0.5, 0.6) is 5.75 Å². The van der Waals surface area contributed by atoms with E-state index in [1.807, 2.05) is 39.8 Å². The first-order chi connectivity index (χ1) is 8.79. The zero-order valence-electron chi connectivity index (χ0n) is 12.3. The summed E-state index contributed by atoms with van der Waals surface area (Å²) >= 11 is 0. The molecule has 1 aromatic rings. The third kappa shape index (κ3) is 3.26. The lowest BCUT2D eigenvalue weighted by Gasteiger charge is -2.29. The van der Waals surface area contributed by atoms with Gasteiger partial charge in [-0.05, 0) is 48.6 Å². The molecule has 0 aromatic heterocycles. The monoisotopic (exact) mass is 265 g/mol. The Labute approximate surface area is 114 Å². The quantitative estimate of drug-likeness (QED) is 0.837. The van der Waals surface area contributed by atoms with Gasteiger partial charge < -0.3 is 20.4 Å². The largest absolute Gasteiger partial charge is 0.544 e. The van der Waals surface area contributed by atoms with Crippen LogP contribution in [0.2, 0.25) is 0 Å². The molecule has 0 radical (unpaired) electrons. The van der Waals surface area contributed by atoms with Gasteiger partial charge in [-0.15, -0.1) is 0 Å². The number of carboxylic acids is 1. The molecule has 3 N–H and O–H groups in total. The Kier molecular flexibility index (Phi) is 4.95. The van der Waals surface area contributed by atoms with Crippen molar-refractivity contribution in [1.82, 2.24) is 0 Å². The molecule has 106 valence electrons. The molecule has 0 unspecified atom stereocenters. The number of quaternary nitrogens is 1. The molecule has 0 spiro atoms. The number of benzene rings is 1. The zero-order chi connectivity index (χ0) is 14.7. The highest BCUT2D eigenvalue weighted by Gasteiger charge is 2.30. The second-order valence-electron chi connectivity index (χ2n) is 5.37. The molecule has 0 saturated carbocycles. The van der Waals surface area contributed by atoms with E-state index >= 15 is 0 Å². The molecule has 19 heavy (non-hydrogen) atoms. The van der Waals surface area contributed by atoms with E-state index in [4.69, 9.17) is 4.74 Å². The van der Waals surface area contributed by atoms with Crippen molar-refractivity contribution in [2.24, 2.45) is 5.92 Å². The summed E-state index contributed by atoms with van der Waals surface area (Å²) in [5.74, 6) is -0.300. The highest BCUT2D eigenvalue weighted by atomic mass is 16.5. The molecule has 0 saturated heterocycles. The molecule has 1 aromatic carbocycles. The van der Waals surface area contributed by atoms with Gasteiger partial charge in [0.15, 0.2) is 0 Å². The summed E-state index contributed by atoms with van der Waals surface area (Å²) < 4.78 is 5.23. The van der Waals surface area contributed by atoms with Crippen molar-refractivity contribution in [2.45, 2.75) is 39.7 Å². The molecule has 0 aliphatic carbocycles. The van der Waals surface area contributed by atoms with Crippen molar-refractivity contribution in [3.63, 3.8) is 0 Å². The zero-order valence-corrected chi connectivity index (χ0v) is 12.3. The smallest absolute Gasteiger partial charge is 0.132 e. The summed E-state index contributed by atoms with van der Waals surface area (Å²) in [5.41, 5.74) is 6.87. The van der Waals surface area contributed by atoms with Crippen LogP contribution in [0, 0.1) is 19.8 Å². The summed E-state index contributed by atoms with van der Waals surface area (Å²) in [4.78, 5) is 11.2. The number of rotatable bonds is 5. The van der Waals surface area contributed by atoms with Crippen LogP contribution in [-0.4, -0.2) is 19.1 Å². The number of carbonyl (C=O) groups is 1. The average molecular weight is 265 g/mol. The first-order valence-corrected chi connectivity index (χ1v) is 6.48. The molecule has 4 nitrogen and oxygen atoms in total. The summed E-state index contributed by atoms with van der Waals surface area (Å²) in [5, 5.41) is 11.2. The van der Waals surface area contributed by atoms with Crippen LogP contribution in [0.4, 0.5) is 0 Å².